The molecule has 1 aromatic rings. The summed E-state index contributed by atoms with van der Waals surface area (Å²) in [4.78, 5) is 6.92. The van der Waals surface area contributed by atoms with Crippen molar-refractivity contribution < 1.29 is 8.42 Å². The van der Waals surface area contributed by atoms with Gasteiger partial charge in [-0.3, -0.25) is 0 Å². The van der Waals surface area contributed by atoms with E-state index in [0.29, 0.717) is 19.0 Å². The van der Waals surface area contributed by atoms with Gasteiger partial charge in [0.25, 0.3) is 0 Å². The quantitative estimate of drug-likeness (QED) is 0.849. The zero-order valence-corrected chi connectivity index (χ0v) is 14.1. The number of sulfonamides is 1. The molecule has 0 aliphatic carbocycles. The van der Waals surface area contributed by atoms with E-state index in [1.165, 1.54) is 24.7 Å². The van der Waals surface area contributed by atoms with Gasteiger partial charge in [-0.1, -0.05) is 6.07 Å². The average Bonchev–Trinajstić information content (AvgIpc) is 3.02. The van der Waals surface area contributed by atoms with Crippen LogP contribution in [0.15, 0.2) is 18.3 Å². The number of hydrogen-bond acceptors (Lipinski definition) is 4. The van der Waals surface area contributed by atoms with Crippen molar-refractivity contribution in [2.24, 2.45) is 5.92 Å². The number of nitrogens with zero attached hydrogens (tertiary/aromatic N) is 3. The number of pyridine rings is 1. The number of anilines is 1. The molecule has 0 radical (unpaired) electrons. The summed E-state index contributed by atoms with van der Waals surface area (Å²) in [7, 11) is -3.06. The van der Waals surface area contributed by atoms with E-state index in [9.17, 15) is 8.42 Å². The van der Waals surface area contributed by atoms with Crippen molar-refractivity contribution in [1.82, 2.24) is 9.29 Å². The molecule has 122 valence electrons. The van der Waals surface area contributed by atoms with Gasteiger partial charge >= 0.3 is 0 Å². The van der Waals surface area contributed by atoms with Crippen molar-refractivity contribution in [3.05, 3.63) is 23.9 Å². The normalized spacial score (nSPS) is 23.9. The van der Waals surface area contributed by atoms with Crippen molar-refractivity contribution >= 4 is 15.8 Å². The van der Waals surface area contributed by atoms with Gasteiger partial charge in [0, 0.05) is 32.4 Å². The van der Waals surface area contributed by atoms with Gasteiger partial charge in [-0.25, -0.2) is 17.7 Å². The summed E-state index contributed by atoms with van der Waals surface area (Å²) in [6.07, 6.45) is 8.75. The Kier molecular flexibility index (Phi) is 4.68. The fourth-order valence-corrected chi connectivity index (χ4v) is 4.44. The van der Waals surface area contributed by atoms with Crippen molar-refractivity contribution in [3.63, 3.8) is 0 Å². The molecule has 3 rings (SSSR count). The molecule has 1 aromatic heterocycles. The van der Waals surface area contributed by atoms with Crippen LogP contribution in [0.1, 0.15) is 31.2 Å². The second-order valence-electron chi connectivity index (χ2n) is 6.55. The fraction of sp³-hybridized carbons (Fsp3) is 0.688. The molecule has 0 bridgehead atoms. The summed E-state index contributed by atoms with van der Waals surface area (Å²) in [5.74, 6) is 1.48. The van der Waals surface area contributed by atoms with E-state index in [2.05, 4.69) is 22.0 Å². The van der Waals surface area contributed by atoms with Crippen LogP contribution in [0.3, 0.4) is 0 Å². The molecule has 6 heteroatoms. The van der Waals surface area contributed by atoms with Gasteiger partial charge in [0.15, 0.2) is 0 Å². The monoisotopic (exact) mass is 323 g/mol. The largest absolute Gasteiger partial charge is 0.357 e. The fourth-order valence-electron chi connectivity index (χ4n) is 3.50. The molecule has 2 aliphatic rings. The summed E-state index contributed by atoms with van der Waals surface area (Å²) < 4.78 is 25.0. The van der Waals surface area contributed by atoms with Gasteiger partial charge in [0.1, 0.15) is 5.82 Å². The highest BCUT2D eigenvalue weighted by atomic mass is 32.2. The minimum atomic E-state index is -3.06. The molecule has 1 unspecified atom stereocenters. The van der Waals surface area contributed by atoms with Crippen LogP contribution in [0.5, 0.6) is 0 Å². The van der Waals surface area contributed by atoms with Gasteiger partial charge in [0.05, 0.1) is 6.26 Å². The smallest absolute Gasteiger partial charge is 0.211 e. The summed E-state index contributed by atoms with van der Waals surface area (Å²) in [5.41, 5.74) is 1.21. The highest BCUT2D eigenvalue weighted by Crippen LogP contribution is 2.23. The van der Waals surface area contributed by atoms with Crippen LogP contribution in [0.2, 0.25) is 0 Å². The maximum Gasteiger partial charge on any atom is 0.211 e. The van der Waals surface area contributed by atoms with Crippen molar-refractivity contribution in [1.29, 1.82) is 0 Å². The number of aromatic nitrogens is 1. The van der Waals surface area contributed by atoms with E-state index >= 15 is 0 Å². The zero-order chi connectivity index (χ0) is 15.6. The molecule has 2 fully saturated rings. The molecular weight excluding hydrogens is 298 g/mol. The molecule has 1 atom stereocenters. The van der Waals surface area contributed by atoms with Crippen LogP contribution < -0.4 is 4.90 Å². The first-order valence-electron chi connectivity index (χ1n) is 8.17. The van der Waals surface area contributed by atoms with Crippen molar-refractivity contribution in [3.8, 4) is 0 Å². The maximum atomic E-state index is 11.7. The first-order chi connectivity index (χ1) is 10.5. The predicted octanol–water partition coefficient (Wildman–Crippen LogP) is 1.90. The highest BCUT2D eigenvalue weighted by Gasteiger charge is 2.26. The van der Waals surface area contributed by atoms with E-state index in [1.54, 1.807) is 4.31 Å². The number of hydrogen-bond donors (Lipinski definition) is 0. The van der Waals surface area contributed by atoms with E-state index in [0.717, 1.165) is 38.2 Å². The van der Waals surface area contributed by atoms with E-state index in [4.69, 9.17) is 0 Å². The molecule has 5 nitrogen and oxygen atoms in total. The van der Waals surface area contributed by atoms with Gasteiger partial charge in [-0.15, -0.1) is 0 Å². The SMILES string of the molecule is CS(=O)(=O)N1CCCC(Cc2ccc(N3CCCC3)nc2)C1. The molecule has 3 heterocycles. The van der Waals surface area contributed by atoms with Gasteiger partial charge in [-0.05, 0) is 49.7 Å². The van der Waals surface area contributed by atoms with Gasteiger partial charge in [-0.2, -0.15) is 0 Å². The molecule has 2 aliphatic heterocycles. The van der Waals surface area contributed by atoms with Crippen LogP contribution in [0.4, 0.5) is 5.82 Å². The van der Waals surface area contributed by atoms with E-state index in [1.807, 2.05) is 6.20 Å². The first kappa shape index (κ1) is 15.7. The van der Waals surface area contributed by atoms with Crippen LogP contribution in [-0.2, 0) is 16.4 Å². The highest BCUT2D eigenvalue weighted by molar-refractivity contribution is 7.88. The number of rotatable bonds is 4. The van der Waals surface area contributed by atoms with Gasteiger partial charge < -0.3 is 4.90 Å². The minimum absolute atomic E-state index is 0.405. The number of piperidine rings is 1. The lowest BCUT2D eigenvalue weighted by atomic mass is 9.93. The molecule has 2 saturated heterocycles. The Balaban J connectivity index is 1.60. The Hall–Kier alpha value is -1.14. The Bertz CT molecular complexity index is 594. The van der Waals surface area contributed by atoms with Crippen LogP contribution in [-0.4, -0.2) is 50.1 Å². The third-order valence-electron chi connectivity index (χ3n) is 4.71. The summed E-state index contributed by atoms with van der Waals surface area (Å²) in [6, 6.07) is 4.26. The zero-order valence-electron chi connectivity index (χ0n) is 13.2. The molecule has 0 N–H and O–H groups in total. The second kappa shape index (κ2) is 6.54. The Morgan fingerprint density at radius 2 is 1.95 bits per heavy atom. The van der Waals surface area contributed by atoms with E-state index < -0.39 is 10.0 Å². The molecule has 0 aromatic carbocycles. The van der Waals surface area contributed by atoms with Crippen LogP contribution >= 0.6 is 0 Å². The lowest BCUT2D eigenvalue weighted by molar-refractivity contribution is 0.266. The topological polar surface area (TPSA) is 53.5 Å². The molecule has 0 spiro atoms. The second-order valence-corrected chi connectivity index (χ2v) is 8.53. The standard InChI is InChI=1S/C16H25N3O2S/c1-22(20,21)19-10-4-5-15(13-19)11-14-6-7-16(17-12-14)18-8-2-3-9-18/h6-7,12,15H,2-5,8-11,13H2,1H3. The third-order valence-corrected chi connectivity index (χ3v) is 5.98. The molecule has 22 heavy (non-hydrogen) atoms. The third kappa shape index (κ3) is 3.79. The Labute approximate surface area is 133 Å². The first-order valence-corrected chi connectivity index (χ1v) is 10.0. The summed E-state index contributed by atoms with van der Waals surface area (Å²) in [6.45, 7) is 3.53. The molecule has 0 saturated carbocycles. The lowest BCUT2D eigenvalue weighted by Crippen LogP contribution is -2.39. The van der Waals surface area contributed by atoms with E-state index in [-0.39, 0.29) is 0 Å². The summed E-state index contributed by atoms with van der Waals surface area (Å²) in [5, 5.41) is 0. The van der Waals surface area contributed by atoms with Gasteiger partial charge in [0.2, 0.25) is 10.0 Å². The predicted molar refractivity (Wildman–Crippen MR) is 88.5 cm³/mol. The summed E-state index contributed by atoms with van der Waals surface area (Å²) >= 11 is 0. The Morgan fingerprint density at radius 3 is 2.59 bits per heavy atom. The Morgan fingerprint density at radius 1 is 1.18 bits per heavy atom. The van der Waals surface area contributed by atoms with Crippen molar-refractivity contribution in [2.75, 3.05) is 37.3 Å². The molecule has 0 amide bonds. The minimum Gasteiger partial charge on any atom is -0.357 e. The lowest BCUT2D eigenvalue weighted by Gasteiger charge is -2.31. The molecular formula is C16H25N3O2S. The van der Waals surface area contributed by atoms with Crippen LogP contribution in [0.25, 0.3) is 0 Å². The average molecular weight is 323 g/mol. The maximum absolute atomic E-state index is 11.7. The van der Waals surface area contributed by atoms with Crippen LogP contribution in [0, 0.1) is 5.92 Å². The van der Waals surface area contributed by atoms with Crippen molar-refractivity contribution in [2.45, 2.75) is 32.1 Å².